The Hall–Kier alpha value is -0.930. The molecule has 1 heterocycles. The van der Waals surface area contributed by atoms with Gasteiger partial charge in [-0.25, -0.2) is 0 Å². The summed E-state index contributed by atoms with van der Waals surface area (Å²) in [6.45, 7) is 5.65. The van der Waals surface area contributed by atoms with Gasteiger partial charge in [0.25, 0.3) is 0 Å². The van der Waals surface area contributed by atoms with Crippen molar-refractivity contribution >= 4 is 17.3 Å². The van der Waals surface area contributed by atoms with E-state index in [0.717, 1.165) is 18.7 Å². The highest BCUT2D eigenvalue weighted by molar-refractivity contribution is 6.32. The molecule has 3 nitrogen and oxygen atoms in total. The number of hydrogen-bond acceptors (Lipinski definition) is 3. The predicted octanol–water partition coefficient (Wildman–Crippen LogP) is 3.17. The van der Waals surface area contributed by atoms with Gasteiger partial charge in [0.05, 0.1) is 12.1 Å². The summed E-state index contributed by atoms with van der Waals surface area (Å²) in [5, 5.41) is 4.08. The molecule has 1 aliphatic heterocycles. The van der Waals surface area contributed by atoms with Crippen LogP contribution in [0.25, 0.3) is 0 Å². The van der Waals surface area contributed by atoms with Crippen LogP contribution < -0.4 is 15.0 Å². The number of methoxy groups -OCH3 is 1. The van der Waals surface area contributed by atoms with Crippen molar-refractivity contribution in [2.45, 2.75) is 32.4 Å². The van der Waals surface area contributed by atoms with Gasteiger partial charge in [-0.15, -0.1) is 0 Å². The first kappa shape index (κ1) is 14.5. The zero-order chi connectivity index (χ0) is 14.0. The maximum absolute atomic E-state index is 6.09. The van der Waals surface area contributed by atoms with E-state index in [2.05, 4.69) is 37.2 Å². The Morgan fingerprint density at radius 2 is 2.11 bits per heavy atom. The number of benzene rings is 1. The SMILES string of the molecule is CNC1CCN(c2ccc(Cl)c(OC)c2)C(C)C1C. The molecule has 1 saturated heterocycles. The van der Waals surface area contributed by atoms with E-state index < -0.39 is 0 Å². The van der Waals surface area contributed by atoms with Gasteiger partial charge >= 0.3 is 0 Å². The Balaban J connectivity index is 2.22. The molecule has 0 radical (unpaired) electrons. The van der Waals surface area contributed by atoms with Crippen LogP contribution in [0.3, 0.4) is 0 Å². The minimum absolute atomic E-state index is 0.497. The number of piperidine rings is 1. The van der Waals surface area contributed by atoms with Gasteiger partial charge in [-0.05, 0) is 38.4 Å². The monoisotopic (exact) mass is 282 g/mol. The molecule has 1 aromatic rings. The smallest absolute Gasteiger partial charge is 0.139 e. The molecule has 3 unspecified atom stereocenters. The fourth-order valence-corrected chi connectivity index (χ4v) is 3.16. The molecule has 0 saturated carbocycles. The van der Waals surface area contributed by atoms with Crippen LogP contribution in [0, 0.1) is 5.92 Å². The Labute approximate surface area is 120 Å². The number of rotatable bonds is 3. The molecule has 4 heteroatoms. The highest BCUT2D eigenvalue weighted by Gasteiger charge is 2.31. The summed E-state index contributed by atoms with van der Waals surface area (Å²) in [7, 11) is 3.71. The summed E-state index contributed by atoms with van der Waals surface area (Å²) in [5.41, 5.74) is 1.19. The zero-order valence-electron chi connectivity index (χ0n) is 12.1. The van der Waals surface area contributed by atoms with Crippen molar-refractivity contribution in [3.8, 4) is 5.75 Å². The fourth-order valence-electron chi connectivity index (χ4n) is 2.96. The highest BCUT2D eigenvalue weighted by atomic mass is 35.5. The Morgan fingerprint density at radius 1 is 1.37 bits per heavy atom. The lowest BCUT2D eigenvalue weighted by atomic mass is 9.87. The first-order valence-corrected chi connectivity index (χ1v) is 7.23. The molecule has 0 bridgehead atoms. The Morgan fingerprint density at radius 3 is 2.74 bits per heavy atom. The van der Waals surface area contributed by atoms with Crippen LogP contribution in [-0.4, -0.2) is 32.8 Å². The van der Waals surface area contributed by atoms with E-state index >= 15 is 0 Å². The molecular weight excluding hydrogens is 260 g/mol. The van der Waals surface area contributed by atoms with E-state index in [0.29, 0.717) is 23.0 Å². The average molecular weight is 283 g/mol. The van der Waals surface area contributed by atoms with Crippen molar-refractivity contribution in [3.05, 3.63) is 23.2 Å². The molecule has 1 fully saturated rings. The summed E-state index contributed by atoms with van der Waals surface area (Å²) in [5.74, 6) is 1.36. The van der Waals surface area contributed by atoms with Crippen LogP contribution in [0.1, 0.15) is 20.3 Å². The fraction of sp³-hybridized carbons (Fsp3) is 0.600. The van der Waals surface area contributed by atoms with E-state index in [1.165, 1.54) is 5.69 Å². The third-order valence-electron chi connectivity index (χ3n) is 4.41. The number of nitrogens with zero attached hydrogens (tertiary/aromatic N) is 1. The van der Waals surface area contributed by atoms with Crippen LogP contribution >= 0.6 is 11.6 Å². The summed E-state index contributed by atoms with van der Waals surface area (Å²) in [6.07, 6.45) is 1.16. The Bertz CT molecular complexity index is 438. The standard InChI is InChI=1S/C15H23ClN2O/c1-10-11(2)18(8-7-14(10)17-3)12-5-6-13(16)15(9-12)19-4/h5-6,9-11,14,17H,7-8H2,1-4H3. The average Bonchev–Trinajstić information content (AvgIpc) is 2.43. The minimum Gasteiger partial charge on any atom is -0.495 e. The second kappa shape index (κ2) is 6.02. The summed E-state index contributed by atoms with van der Waals surface area (Å²) < 4.78 is 5.31. The lowest BCUT2D eigenvalue weighted by Gasteiger charge is -2.44. The molecule has 0 aromatic heterocycles. The molecule has 3 atom stereocenters. The van der Waals surface area contributed by atoms with Crippen LogP contribution in [-0.2, 0) is 0 Å². The summed E-state index contributed by atoms with van der Waals surface area (Å²) >= 11 is 6.09. The largest absolute Gasteiger partial charge is 0.495 e. The van der Waals surface area contributed by atoms with Crippen LogP contribution in [0.2, 0.25) is 5.02 Å². The minimum atomic E-state index is 0.497. The van der Waals surface area contributed by atoms with E-state index in [4.69, 9.17) is 16.3 Å². The van der Waals surface area contributed by atoms with Gasteiger partial charge < -0.3 is 15.0 Å². The summed E-state index contributed by atoms with van der Waals surface area (Å²) in [6, 6.07) is 7.12. The first-order chi connectivity index (χ1) is 9.08. The van der Waals surface area contributed by atoms with Crippen molar-refractivity contribution in [1.29, 1.82) is 0 Å². The lowest BCUT2D eigenvalue weighted by Crippen LogP contribution is -2.52. The quantitative estimate of drug-likeness (QED) is 0.922. The molecular formula is C15H23ClN2O. The second-order valence-electron chi connectivity index (χ2n) is 5.30. The molecule has 0 spiro atoms. The topological polar surface area (TPSA) is 24.5 Å². The zero-order valence-corrected chi connectivity index (χ0v) is 12.9. The maximum atomic E-state index is 6.09. The Kier molecular flexibility index (Phi) is 4.58. The van der Waals surface area contributed by atoms with Crippen LogP contribution in [0.15, 0.2) is 18.2 Å². The summed E-state index contributed by atoms with van der Waals surface area (Å²) in [4.78, 5) is 2.44. The van der Waals surface area contributed by atoms with Gasteiger partial charge in [0.2, 0.25) is 0 Å². The van der Waals surface area contributed by atoms with E-state index in [1.54, 1.807) is 7.11 Å². The van der Waals surface area contributed by atoms with E-state index in [1.807, 2.05) is 12.1 Å². The number of halogens is 1. The van der Waals surface area contributed by atoms with Crippen molar-refractivity contribution < 1.29 is 4.74 Å². The lowest BCUT2D eigenvalue weighted by molar-refractivity contribution is 0.282. The van der Waals surface area contributed by atoms with Gasteiger partial charge in [0, 0.05) is 30.4 Å². The molecule has 106 valence electrons. The third kappa shape index (κ3) is 2.82. The molecule has 2 rings (SSSR count). The third-order valence-corrected chi connectivity index (χ3v) is 4.72. The van der Waals surface area contributed by atoms with E-state index in [-0.39, 0.29) is 0 Å². The number of nitrogens with one attached hydrogen (secondary N) is 1. The van der Waals surface area contributed by atoms with Gasteiger partial charge in [-0.1, -0.05) is 18.5 Å². The second-order valence-corrected chi connectivity index (χ2v) is 5.70. The predicted molar refractivity (Wildman–Crippen MR) is 81.4 cm³/mol. The normalized spacial score (nSPS) is 27.4. The molecule has 0 aliphatic carbocycles. The molecule has 1 aromatic carbocycles. The van der Waals surface area contributed by atoms with Gasteiger partial charge in [-0.3, -0.25) is 0 Å². The van der Waals surface area contributed by atoms with Crippen LogP contribution in [0.5, 0.6) is 5.75 Å². The number of ether oxygens (including phenoxy) is 1. The number of hydrogen-bond donors (Lipinski definition) is 1. The van der Waals surface area contributed by atoms with Gasteiger partial charge in [0.1, 0.15) is 5.75 Å². The maximum Gasteiger partial charge on any atom is 0.139 e. The molecule has 19 heavy (non-hydrogen) atoms. The van der Waals surface area contributed by atoms with Crippen molar-refractivity contribution in [3.63, 3.8) is 0 Å². The van der Waals surface area contributed by atoms with Crippen molar-refractivity contribution in [2.24, 2.45) is 5.92 Å². The molecule has 1 aliphatic rings. The number of anilines is 1. The van der Waals surface area contributed by atoms with Crippen molar-refractivity contribution in [2.75, 3.05) is 25.6 Å². The molecule has 1 N–H and O–H groups in total. The molecule has 0 amide bonds. The highest BCUT2D eigenvalue weighted by Crippen LogP contribution is 2.33. The van der Waals surface area contributed by atoms with Gasteiger partial charge in [0.15, 0.2) is 0 Å². The first-order valence-electron chi connectivity index (χ1n) is 6.86. The van der Waals surface area contributed by atoms with Crippen LogP contribution in [0.4, 0.5) is 5.69 Å². The van der Waals surface area contributed by atoms with E-state index in [9.17, 15) is 0 Å². The van der Waals surface area contributed by atoms with Crippen molar-refractivity contribution in [1.82, 2.24) is 5.32 Å². The van der Waals surface area contributed by atoms with Gasteiger partial charge in [-0.2, -0.15) is 0 Å².